The summed E-state index contributed by atoms with van der Waals surface area (Å²) in [4.78, 5) is 18.2. The molecule has 0 aliphatic rings. The van der Waals surface area contributed by atoms with Crippen LogP contribution >= 0.6 is 11.6 Å². The highest BCUT2D eigenvalue weighted by Gasteiger charge is 2.20. The summed E-state index contributed by atoms with van der Waals surface area (Å²) in [6.45, 7) is 3.72. The largest absolute Gasteiger partial charge is 0.311 e. The number of halogens is 1. The van der Waals surface area contributed by atoms with E-state index in [2.05, 4.69) is 4.98 Å². The maximum Gasteiger partial charge on any atom is 0.261 e. The molecule has 2 rings (SSSR count). The van der Waals surface area contributed by atoms with Gasteiger partial charge in [-0.15, -0.1) is 0 Å². The maximum atomic E-state index is 12.5. The number of benzene rings is 1. The van der Waals surface area contributed by atoms with Crippen LogP contribution in [0.25, 0.3) is 0 Å². The molecule has 98 valence electrons. The Morgan fingerprint density at radius 3 is 2.42 bits per heavy atom. The van der Waals surface area contributed by atoms with Crippen LogP contribution in [0.1, 0.15) is 21.6 Å². The predicted octanol–water partition coefficient (Wildman–Crippen LogP) is 3.63. The Kier molecular flexibility index (Phi) is 3.86. The van der Waals surface area contributed by atoms with Crippen molar-refractivity contribution in [1.82, 2.24) is 4.98 Å². The summed E-state index contributed by atoms with van der Waals surface area (Å²) in [5.41, 5.74) is 2.92. The lowest BCUT2D eigenvalue weighted by molar-refractivity contribution is 0.0992. The second-order valence-electron chi connectivity index (χ2n) is 4.45. The molecule has 0 saturated heterocycles. The smallest absolute Gasteiger partial charge is 0.261 e. The summed E-state index contributed by atoms with van der Waals surface area (Å²) in [6.07, 6.45) is 0. The molecule has 0 aliphatic heterocycles. The van der Waals surface area contributed by atoms with Gasteiger partial charge in [-0.25, -0.2) is 4.98 Å². The number of anilines is 1. The van der Waals surface area contributed by atoms with Gasteiger partial charge in [0.1, 0.15) is 5.15 Å². The third kappa shape index (κ3) is 2.76. The van der Waals surface area contributed by atoms with Crippen LogP contribution in [0.4, 0.5) is 5.69 Å². The molecule has 1 aromatic heterocycles. The third-order valence-electron chi connectivity index (χ3n) is 2.96. The molecule has 0 unspecified atom stereocenters. The van der Waals surface area contributed by atoms with E-state index >= 15 is 0 Å². The van der Waals surface area contributed by atoms with Crippen molar-refractivity contribution in [3.63, 3.8) is 0 Å². The monoisotopic (exact) mass is 274 g/mol. The molecule has 1 heterocycles. The Balaban J connectivity index is 2.40. The van der Waals surface area contributed by atoms with Gasteiger partial charge in [0.15, 0.2) is 0 Å². The normalized spacial score (nSPS) is 10.3. The molecule has 0 bridgehead atoms. The second kappa shape index (κ2) is 5.41. The fraction of sp³-hybridized carbons (Fsp3) is 0.200. The Morgan fingerprint density at radius 2 is 1.84 bits per heavy atom. The fourth-order valence-electron chi connectivity index (χ4n) is 1.98. The lowest BCUT2D eigenvalue weighted by Gasteiger charge is -2.19. The van der Waals surface area contributed by atoms with E-state index < -0.39 is 0 Å². The first-order chi connectivity index (χ1) is 9.00. The zero-order valence-electron chi connectivity index (χ0n) is 11.1. The van der Waals surface area contributed by atoms with E-state index in [9.17, 15) is 4.79 Å². The topological polar surface area (TPSA) is 33.2 Å². The van der Waals surface area contributed by atoms with E-state index in [1.807, 2.05) is 50.2 Å². The van der Waals surface area contributed by atoms with Crippen molar-refractivity contribution in [3.05, 3.63) is 58.4 Å². The number of para-hydroxylation sites is 1. The third-order valence-corrected chi connectivity index (χ3v) is 3.24. The minimum atomic E-state index is -0.152. The molecule has 1 amide bonds. The average Bonchev–Trinajstić information content (AvgIpc) is 2.37. The molecular weight excluding hydrogens is 260 g/mol. The van der Waals surface area contributed by atoms with Crippen molar-refractivity contribution in [2.24, 2.45) is 0 Å². The van der Waals surface area contributed by atoms with E-state index in [0.29, 0.717) is 5.56 Å². The maximum absolute atomic E-state index is 12.5. The van der Waals surface area contributed by atoms with Gasteiger partial charge in [0.25, 0.3) is 5.91 Å². The number of aryl methyl sites for hydroxylation is 2. The van der Waals surface area contributed by atoms with Crippen molar-refractivity contribution in [2.45, 2.75) is 13.8 Å². The molecule has 19 heavy (non-hydrogen) atoms. The number of carbonyl (C=O) groups is 1. The van der Waals surface area contributed by atoms with Gasteiger partial charge in [0, 0.05) is 18.4 Å². The molecule has 1 aromatic carbocycles. The van der Waals surface area contributed by atoms with E-state index in [1.54, 1.807) is 11.9 Å². The van der Waals surface area contributed by atoms with Crippen LogP contribution in [0.2, 0.25) is 5.15 Å². The Bertz CT molecular complexity index is 588. The van der Waals surface area contributed by atoms with Crippen LogP contribution in [0.5, 0.6) is 0 Å². The molecular formula is C15H15ClN2O. The van der Waals surface area contributed by atoms with Crippen molar-refractivity contribution in [3.8, 4) is 0 Å². The van der Waals surface area contributed by atoms with E-state index in [1.165, 1.54) is 0 Å². The van der Waals surface area contributed by atoms with Crippen LogP contribution in [0, 0.1) is 13.8 Å². The fourth-order valence-corrected chi connectivity index (χ4v) is 2.35. The average molecular weight is 275 g/mol. The summed E-state index contributed by atoms with van der Waals surface area (Å²) in [5, 5.41) is 0.255. The minimum Gasteiger partial charge on any atom is -0.311 e. The van der Waals surface area contributed by atoms with Gasteiger partial charge in [-0.3, -0.25) is 4.79 Å². The van der Waals surface area contributed by atoms with Crippen molar-refractivity contribution in [1.29, 1.82) is 0 Å². The number of pyridine rings is 1. The van der Waals surface area contributed by atoms with Gasteiger partial charge in [-0.1, -0.05) is 29.8 Å². The number of rotatable bonds is 2. The first kappa shape index (κ1) is 13.6. The molecule has 0 saturated carbocycles. The quantitative estimate of drug-likeness (QED) is 0.784. The molecule has 3 nitrogen and oxygen atoms in total. The van der Waals surface area contributed by atoms with Crippen LogP contribution in [0.15, 0.2) is 36.4 Å². The SMILES string of the molecule is Cc1cc(C)c(C(=O)N(C)c2ccccc2)c(Cl)n1. The van der Waals surface area contributed by atoms with Gasteiger partial charge < -0.3 is 4.90 Å². The Labute approximate surface area is 117 Å². The molecule has 0 fully saturated rings. The summed E-state index contributed by atoms with van der Waals surface area (Å²) in [6, 6.07) is 11.3. The molecule has 4 heteroatoms. The summed E-state index contributed by atoms with van der Waals surface area (Å²) >= 11 is 6.10. The van der Waals surface area contributed by atoms with E-state index in [0.717, 1.165) is 16.9 Å². The van der Waals surface area contributed by atoms with Gasteiger partial charge in [-0.05, 0) is 37.6 Å². The molecule has 0 radical (unpaired) electrons. The van der Waals surface area contributed by atoms with Gasteiger partial charge in [0.2, 0.25) is 0 Å². The first-order valence-corrected chi connectivity index (χ1v) is 6.35. The van der Waals surface area contributed by atoms with Gasteiger partial charge in [-0.2, -0.15) is 0 Å². The molecule has 0 aliphatic carbocycles. The van der Waals surface area contributed by atoms with Crippen LogP contribution < -0.4 is 4.90 Å². The highest BCUT2D eigenvalue weighted by atomic mass is 35.5. The molecule has 2 aromatic rings. The highest BCUT2D eigenvalue weighted by Crippen LogP contribution is 2.22. The zero-order chi connectivity index (χ0) is 14.0. The number of hydrogen-bond donors (Lipinski definition) is 0. The van der Waals surface area contributed by atoms with Gasteiger partial charge in [0.05, 0.1) is 5.56 Å². The van der Waals surface area contributed by atoms with Crippen LogP contribution in [-0.2, 0) is 0 Å². The molecule has 0 spiro atoms. The Hall–Kier alpha value is -1.87. The molecule has 0 atom stereocenters. The summed E-state index contributed by atoms with van der Waals surface area (Å²) in [5.74, 6) is -0.152. The number of amides is 1. The summed E-state index contributed by atoms with van der Waals surface area (Å²) in [7, 11) is 1.73. The highest BCUT2D eigenvalue weighted by molar-refractivity contribution is 6.33. The van der Waals surface area contributed by atoms with Crippen molar-refractivity contribution in [2.75, 3.05) is 11.9 Å². The Morgan fingerprint density at radius 1 is 1.21 bits per heavy atom. The van der Waals surface area contributed by atoms with E-state index in [4.69, 9.17) is 11.6 Å². The van der Waals surface area contributed by atoms with Crippen LogP contribution in [-0.4, -0.2) is 17.9 Å². The summed E-state index contributed by atoms with van der Waals surface area (Å²) < 4.78 is 0. The van der Waals surface area contributed by atoms with Crippen LogP contribution in [0.3, 0.4) is 0 Å². The number of carbonyl (C=O) groups excluding carboxylic acids is 1. The van der Waals surface area contributed by atoms with Crippen molar-refractivity contribution >= 4 is 23.2 Å². The first-order valence-electron chi connectivity index (χ1n) is 5.97. The van der Waals surface area contributed by atoms with Crippen molar-refractivity contribution < 1.29 is 4.79 Å². The second-order valence-corrected chi connectivity index (χ2v) is 4.80. The standard InChI is InChI=1S/C15H15ClN2O/c1-10-9-11(2)17-14(16)13(10)15(19)18(3)12-7-5-4-6-8-12/h4-9H,1-3H3. The lowest BCUT2D eigenvalue weighted by atomic mass is 10.1. The number of nitrogens with zero attached hydrogens (tertiary/aromatic N) is 2. The molecule has 0 N–H and O–H groups in total. The van der Waals surface area contributed by atoms with E-state index in [-0.39, 0.29) is 11.1 Å². The zero-order valence-corrected chi connectivity index (χ0v) is 11.9. The minimum absolute atomic E-state index is 0.152. The lowest BCUT2D eigenvalue weighted by Crippen LogP contribution is -2.27. The van der Waals surface area contributed by atoms with Gasteiger partial charge >= 0.3 is 0 Å². The number of aromatic nitrogens is 1. The predicted molar refractivity (Wildman–Crippen MR) is 77.9 cm³/mol. The number of hydrogen-bond acceptors (Lipinski definition) is 2.